The van der Waals surface area contributed by atoms with E-state index in [1.165, 1.54) is 6.07 Å². The first-order valence-corrected chi connectivity index (χ1v) is 6.48. The van der Waals surface area contributed by atoms with Crippen LogP contribution in [-0.2, 0) is 14.8 Å². The molecule has 0 spiro atoms. The summed E-state index contributed by atoms with van der Waals surface area (Å²) < 4.78 is 36.5. The van der Waals surface area contributed by atoms with Crippen LogP contribution in [0.5, 0.6) is 0 Å². The molecule has 0 saturated heterocycles. The number of rotatable bonds is 4. The van der Waals surface area contributed by atoms with Crippen molar-refractivity contribution in [1.29, 1.82) is 0 Å². The molecule has 2 N–H and O–H groups in total. The quantitative estimate of drug-likeness (QED) is 0.814. The fraction of sp³-hybridized carbons (Fsp3) is 0.222. The van der Waals surface area contributed by atoms with Gasteiger partial charge in [-0.15, -0.1) is 4.83 Å². The van der Waals surface area contributed by atoms with E-state index in [9.17, 15) is 17.6 Å². The summed E-state index contributed by atoms with van der Waals surface area (Å²) in [6, 6.07) is 3.12. The average Bonchev–Trinajstić information content (AvgIpc) is 2.25. The van der Waals surface area contributed by atoms with E-state index >= 15 is 0 Å². The van der Waals surface area contributed by atoms with E-state index in [2.05, 4.69) is 0 Å². The molecule has 0 saturated carbocycles. The summed E-state index contributed by atoms with van der Waals surface area (Å²) >= 11 is 5.49. The van der Waals surface area contributed by atoms with Crippen LogP contribution in [0.4, 0.5) is 4.39 Å². The number of hydrogen-bond donors (Lipinski definition) is 2. The lowest BCUT2D eigenvalue weighted by atomic mass is 10.3. The molecule has 0 aliphatic heterocycles. The molecule has 0 radical (unpaired) electrons. The lowest BCUT2D eigenvalue weighted by Gasteiger charge is -2.08. The van der Waals surface area contributed by atoms with Gasteiger partial charge in [0.2, 0.25) is 5.91 Å². The van der Waals surface area contributed by atoms with Crippen LogP contribution in [0.3, 0.4) is 0 Å². The maximum Gasteiger partial charge on any atom is 0.260 e. The van der Waals surface area contributed by atoms with Gasteiger partial charge in [0, 0.05) is 11.4 Å². The van der Waals surface area contributed by atoms with Crippen molar-refractivity contribution in [2.24, 2.45) is 0 Å². The van der Waals surface area contributed by atoms with Gasteiger partial charge in [-0.2, -0.15) is 0 Å². The lowest BCUT2D eigenvalue weighted by Crippen LogP contribution is -2.41. The molecule has 8 heteroatoms. The summed E-state index contributed by atoms with van der Waals surface area (Å²) in [5.41, 5.74) is 1.94. The van der Waals surface area contributed by atoms with Gasteiger partial charge in [-0.25, -0.2) is 12.8 Å². The maximum atomic E-state index is 13.3. The van der Waals surface area contributed by atoms with Crippen LogP contribution in [-0.4, -0.2) is 14.3 Å². The van der Waals surface area contributed by atoms with Crippen molar-refractivity contribution in [2.45, 2.75) is 18.2 Å². The first kappa shape index (κ1) is 13.9. The molecule has 17 heavy (non-hydrogen) atoms. The molecule has 5 nitrogen and oxygen atoms in total. The van der Waals surface area contributed by atoms with Crippen molar-refractivity contribution in [1.82, 2.24) is 10.3 Å². The van der Waals surface area contributed by atoms with Crippen molar-refractivity contribution >= 4 is 27.5 Å². The first-order valence-electron chi connectivity index (χ1n) is 4.62. The standard InChI is InChI=1S/C9H10ClFN2O3S/c1-2-9(14)12-13-17(15,16)8-4-3-6(10)5-7(8)11/h3-5,13H,2H2,1H3,(H,12,14). The topological polar surface area (TPSA) is 75.3 Å². The normalized spacial score (nSPS) is 11.2. The molecule has 0 fully saturated rings. The van der Waals surface area contributed by atoms with E-state index in [-0.39, 0.29) is 11.4 Å². The Bertz CT molecular complexity index is 533. The predicted molar refractivity (Wildman–Crippen MR) is 60.2 cm³/mol. The molecule has 1 rings (SSSR count). The van der Waals surface area contributed by atoms with Crippen LogP contribution < -0.4 is 10.3 Å². The zero-order valence-electron chi connectivity index (χ0n) is 8.83. The summed E-state index contributed by atoms with van der Waals surface area (Å²) in [5.74, 6) is -1.52. The van der Waals surface area contributed by atoms with Gasteiger partial charge in [-0.05, 0) is 18.2 Å². The second-order valence-electron chi connectivity index (χ2n) is 3.08. The fourth-order valence-electron chi connectivity index (χ4n) is 0.961. The van der Waals surface area contributed by atoms with Crippen molar-refractivity contribution in [3.05, 3.63) is 29.0 Å². The maximum absolute atomic E-state index is 13.3. The zero-order valence-corrected chi connectivity index (χ0v) is 10.4. The lowest BCUT2D eigenvalue weighted by molar-refractivity contribution is -0.121. The van der Waals surface area contributed by atoms with Crippen molar-refractivity contribution in [2.75, 3.05) is 0 Å². The summed E-state index contributed by atoms with van der Waals surface area (Å²) in [4.78, 5) is 12.1. The number of hydrogen-bond acceptors (Lipinski definition) is 3. The summed E-state index contributed by atoms with van der Waals surface area (Å²) in [6.07, 6.45) is 0.103. The molecule has 1 aromatic carbocycles. The number of nitrogens with one attached hydrogen (secondary N) is 2. The van der Waals surface area contributed by atoms with E-state index in [0.717, 1.165) is 12.1 Å². The number of hydrazine groups is 1. The molecule has 0 atom stereocenters. The number of benzene rings is 1. The van der Waals surface area contributed by atoms with Crippen LogP contribution in [0, 0.1) is 5.82 Å². The van der Waals surface area contributed by atoms with Gasteiger partial charge in [-0.3, -0.25) is 10.2 Å². The molecule has 0 heterocycles. The number of amides is 1. The molecule has 0 unspecified atom stereocenters. The SMILES string of the molecule is CCC(=O)NNS(=O)(=O)c1ccc(Cl)cc1F. The zero-order chi connectivity index (χ0) is 13.1. The highest BCUT2D eigenvalue weighted by Gasteiger charge is 2.19. The van der Waals surface area contributed by atoms with Crippen LogP contribution in [0.25, 0.3) is 0 Å². The molecule has 1 aromatic rings. The van der Waals surface area contributed by atoms with Gasteiger partial charge in [0.15, 0.2) is 0 Å². The second-order valence-corrected chi connectivity index (χ2v) is 5.17. The third-order valence-electron chi connectivity index (χ3n) is 1.83. The highest BCUT2D eigenvalue weighted by molar-refractivity contribution is 7.89. The molecular weight excluding hydrogens is 271 g/mol. The minimum Gasteiger partial charge on any atom is -0.278 e. The van der Waals surface area contributed by atoms with Gasteiger partial charge in [0.05, 0.1) is 0 Å². The Balaban J connectivity index is 2.94. The van der Waals surface area contributed by atoms with E-state index in [4.69, 9.17) is 11.6 Å². The van der Waals surface area contributed by atoms with Gasteiger partial charge in [0.25, 0.3) is 10.0 Å². The number of halogens is 2. The highest BCUT2D eigenvalue weighted by Crippen LogP contribution is 2.18. The average molecular weight is 281 g/mol. The van der Waals surface area contributed by atoms with E-state index in [1.807, 2.05) is 5.43 Å². The minimum atomic E-state index is -4.13. The number of sulfonamides is 1. The Morgan fingerprint density at radius 3 is 2.65 bits per heavy atom. The largest absolute Gasteiger partial charge is 0.278 e. The van der Waals surface area contributed by atoms with Crippen molar-refractivity contribution in [3.63, 3.8) is 0 Å². The monoisotopic (exact) mass is 280 g/mol. The third kappa shape index (κ3) is 3.65. The van der Waals surface area contributed by atoms with Crippen molar-refractivity contribution < 1.29 is 17.6 Å². The molecule has 0 aromatic heterocycles. The summed E-state index contributed by atoms with van der Waals surface area (Å²) in [6.45, 7) is 1.55. The van der Waals surface area contributed by atoms with Gasteiger partial charge in [0.1, 0.15) is 10.7 Å². The van der Waals surface area contributed by atoms with Crippen LogP contribution >= 0.6 is 11.6 Å². The number of carbonyl (C=O) groups is 1. The Labute approximate surface area is 103 Å². The molecule has 0 aliphatic rings. The molecule has 94 valence electrons. The molecule has 0 aliphatic carbocycles. The Morgan fingerprint density at radius 2 is 2.12 bits per heavy atom. The van der Waals surface area contributed by atoms with Crippen molar-refractivity contribution in [3.8, 4) is 0 Å². The second kappa shape index (κ2) is 5.44. The summed E-state index contributed by atoms with van der Waals surface area (Å²) in [7, 11) is -4.13. The van der Waals surface area contributed by atoms with E-state index < -0.39 is 26.6 Å². The smallest absolute Gasteiger partial charge is 0.260 e. The minimum absolute atomic E-state index is 0.0824. The predicted octanol–water partition coefficient (Wildman–Crippen LogP) is 1.20. The van der Waals surface area contributed by atoms with Gasteiger partial charge in [-0.1, -0.05) is 18.5 Å². The van der Waals surface area contributed by atoms with E-state index in [1.54, 1.807) is 11.8 Å². The number of carbonyl (C=O) groups excluding carboxylic acids is 1. The Kier molecular flexibility index (Phi) is 4.44. The van der Waals surface area contributed by atoms with E-state index in [0.29, 0.717) is 0 Å². The highest BCUT2D eigenvalue weighted by atomic mass is 35.5. The van der Waals surface area contributed by atoms with Gasteiger partial charge >= 0.3 is 0 Å². The Hall–Kier alpha value is -1.18. The molecule has 1 amide bonds. The van der Waals surface area contributed by atoms with Crippen LogP contribution in [0.2, 0.25) is 5.02 Å². The Morgan fingerprint density at radius 1 is 1.47 bits per heavy atom. The first-order chi connectivity index (χ1) is 7.86. The van der Waals surface area contributed by atoms with Crippen LogP contribution in [0.1, 0.15) is 13.3 Å². The molecular formula is C9H10ClFN2O3S. The third-order valence-corrected chi connectivity index (χ3v) is 3.35. The molecule has 0 bridgehead atoms. The van der Waals surface area contributed by atoms with Crippen LogP contribution in [0.15, 0.2) is 23.1 Å². The fourth-order valence-corrected chi connectivity index (χ4v) is 2.04. The summed E-state index contributed by atoms with van der Waals surface area (Å²) in [5, 5.41) is 0.0824. The van der Waals surface area contributed by atoms with Gasteiger partial charge < -0.3 is 0 Å².